The second-order valence-electron chi connectivity index (χ2n) is 7.63. The van der Waals surface area contributed by atoms with Crippen molar-refractivity contribution in [3.05, 3.63) is 64.8 Å². The number of hydrogen-bond donors (Lipinski definition) is 2. The molecule has 0 spiro atoms. The van der Waals surface area contributed by atoms with E-state index in [2.05, 4.69) is 15.6 Å². The van der Waals surface area contributed by atoms with Gasteiger partial charge in [0.2, 0.25) is 11.9 Å². The number of H-pyrrole nitrogens is 1. The molecule has 2 aromatic carbocycles. The molecule has 1 aromatic heterocycles. The van der Waals surface area contributed by atoms with Crippen LogP contribution in [0.3, 0.4) is 0 Å². The van der Waals surface area contributed by atoms with Crippen molar-refractivity contribution in [2.45, 2.75) is 26.3 Å². The quantitative estimate of drug-likeness (QED) is 0.520. The lowest BCUT2D eigenvalue weighted by Crippen LogP contribution is -2.51. The molecule has 0 atom stereocenters. The number of aromatic amines is 1. The Kier molecular flexibility index (Phi) is 7.36. The van der Waals surface area contributed by atoms with Crippen LogP contribution >= 0.6 is 23.2 Å². The summed E-state index contributed by atoms with van der Waals surface area (Å²) in [6.45, 7) is 6.42. The molecule has 0 fully saturated rings. The van der Waals surface area contributed by atoms with Crippen molar-refractivity contribution in [2.75, 3.05) is 13.2 Å². The lowest BCUT2D eigenvalue weighted by molar-refractivity contribution is -0.366. The maximum Gasteiger partial charge on any atom is 0.315 e. The van der Waals surface area contributed by atoms with Gasteiger partial charge in [-0.1, -0.05) is 35.3 Å². The van der Waals surface area contributed by atoms with Crippen LogP contribution in [0.5, 0.6) is 5.88 Å². The fourth-order valence-corrected chi connectivity index (χ4v) is 3.18. The van der Waals surface area contributed by atoms with Crippen LogP contribution < -0.4 is 20.4 Å². The van der Waals surface area contributed by atoms with Gasteiger partial charge in [0.25, 0.3) is 5.88 Å². The number of carbonyl (C=O) groups is 1. The zero-order valence-electron chi connectivity index (χ0n) is 17.6. The van der Waals surface area contributed by atoms with Crippen LogP contribution in [-0.2, 0) is 0 Å². The summed E-state index contributed by atoms with van der Waals surface area (Å²) in [6, 6.07) is 14.7. The Hall–Kier alpha value is -2.83. The SMILES string of the molecule is CCNC(=O)NC(C)(C)COc1c[nH+]c(-c2ccc(Cl)cc2)c(-c2ccc(Cl)cc2)n1. The zero-order valence-corrected chi connectivity index (χ0v) is 19.1. The molecular weight excluding hydrogens is 435 g/mol. The summed E-state index contributed by atoms with van der Waals surface area (Å²) < 4.78 is 5.91. The summed E-state index contributed by atoms with van der Waals surface area (Å²) in [4.78, 5) is 19.9. The Morgan fingerprint density at radius 3 is 2.19 bits per heavy atom. The standard InChI is InChI=1S/C23H24Cl2N4O2/c1-4-26-22(30)29-23(2,3)14-31-19-13-27-20(15-5-9-17(24)10-6-15)21(28-19)16-7-11-18(25)12-8-16/h5-13H,4,14H2,1-3H3,(H2,26,29,30)/p+1. The first kappa shape index (κ1) is 22.8. The maximum absolute atomic E-state index is 11.8. The lowest BCUT2D eigenvalue weighted by Gasteiger charge is -2.25. The van der Waals surface area contributed by atoms with E-state index in [1.165, 1.54) is 0 Å². The van der Waals surface area contributed by atoms with Crippen LogP contribution in [0.15, 0.2) is 54.7 Å². The molecule has 0 aliphatic carbocycles. The van der Waals surface area contributed by atoms with Crippen LogP contribution in [0.1, 0.15) is 20.8 Å². The topological polar surface area (TPSA) is 77.4 Å². The highest BCUT2D eigenvalue weighted by molar-refractivity contribution is 6.31. The van der Waals surface area contributed by atoms with Gasteiger partial charge in [0.05, 0.1) is 5.54 Å². The summed E-state index contributed by atoms with van der Waals surface area (Å²) in [5.74, 6) is 0.411. The van der Waals surface area contributed by atoms with Gasteiger partial charge in [-0.05, 0) is 57.2 Å². The van der Waals surface area contributed by atoms with Gasteiger partial charge in [-0.25, -0.2) is 14.8 Å². The number of halogens is 2. The van der Waals surface area contributed by atoms with Crippen LogP contribution in [0, 0.1) is 0 Å². The number of ether oxygens (including phenoxy) is 1. The number of benzene rings is 2. The molecule has 0 aliphatic heterocycles. The van der Waals surface area contributed by atoms with E-state index >= 15 is 0 Å². The molecular formula is C23H25Cl2N4O2+. The normalized spacial score (nSPS) is 11.1. The Morgan fingerprint density at radius 1 is 1.03 bits per heavy atom. The van der Waals surface area contributed by atoms with Crippen LogP contribution in [0.4, 0.5) is 4.79 Å². The number of amides is 2. The molecule has 8 heteroatoms. The van der Waals surface area contributed by atoms with E-state index in [-0.39, 0.29) is 12.6 Å². The monoisotopic (exact) mass is 459 g/mol. The summed E-state index contributed by atoms with van der Waals surface area (Å²) in [5, 5.41) is 6.90. The van der Waals surface area contributed by atoms with Gasteiger partial charge in [-0.2, -0.15) is 0 Å². The first-order valence-corrected chi connectivity index (χ1v) is 10.7. The van der Waals surface area contributed by atoms with E-state index in [1.807, 2.05) is 69.3 Å². The molecule has 2 amide bonds. The van der Waals surface area contributed by atoms with Crippen molar-refractivity contribution in [1.29, 1.82) is 0 Å². The number of carbonyl (C=O) groups excluding carboxylic acids is 1. The van der Waals surface area contributed by atoms with Gasteiger partial charge in [-0.3, -0.25) is 0 Å². The second kappa shape index (κ2) is 9.98. The van der Waals surface area contributed by atoms with Crippen LogP contribution in [0.25, 0.3) is 22.5 Å². The van der Waals surface area contributed by atoms with Crippen molar-refractivity contribution >= 4 is 29.2 Å². The highest BCUT2D eigenvalue weighted by atomic mass is 35.5. The van der Waals surface area contributed by atoms with Crippen molar-refractivity contribution in [2.24, 2.45) is 0 Å². The van der Waals surface area contributed by atoms with Gasteiger partial charge >= 0.3 is 6.03 Å². The molecule has 1 heterocycles. The smallest absolute Gasteiger partial charge is 0.315 e. The minimum Gasteiger partial charge on any atom is -0.471 e. The molecule has 31 heavy (non-hydrogen) atoms. The molecule has 0 saturated carbocycles. The average molecular weight is 460 g/mol. The number of rotatable bonds is 7. The lowest BCUT2D eigenvalue weighted by atomic mass is 10.0. The summed E-state index contributed by atoms with van der Waals surface area (Å²) in [5.41, 5.74) is 2.77. The van der Waals surface area contributed by atoms with Gasteiger partial charge in [0, 0.05) is 27.7 Å². The zero-order chi connectivity index (χ0) is 22.4. The Morgan fingerprint density at radius 2 is 1.61 bits per heavy atom. The Labute approximate surface area is 192 Å². The number of aromatic nitrogens is 2. The highest BCUT2D eigenvalue weighted by Gasteiger charge is 2.23. The van der Waals surface area contributed by atoms with Crippen LogP contribution in [-0.4, -0.2) is 29.7 Å². The largest absolute Gasteiger partial charge is 0.471 e. The molecule has 3 N–H and O–H groups in total. The second-order valence-corrected chi connectivity index (χ2v) is 8.51. The van der Waals surface area contributed by atoms with Crippen molar-refractivity contribution in [3.63, 3.8) is 0 Å². The molecule has 3 rings (SSSR count). The number of nitrogens with one attached hydrogen (secondary N) is 3. The Balaban J connectivity index is 1.89. The molecule has 0 saturated heterocycles. The van der Waals surface area contributed by atoms with E-state index < -0.39 is 5.54 Å². The van der Waals surface area contributed by atoms with Crippen molar-refractivity contribution in [3.8, 4) is 28.4 Å². The molecule has 0 radical (unpaired) electrons. The summed E-state index contributed by atoms with van der Waals surface area (Å²) >= 11 is 12.1. The van der Waals surface area contributed by atoms with Gasteiger partial charge in [0.15, 0.2) is 0 Å². The van der Waals surface area contributed by atoms with Crippen LogP contribution in [0.2, 0.25) is 10.0 Å². The summed E-state index contributed by atoms with van der Waals surface area (Å²) in [7, 11) is 0. The maximum atomic E-state index is 11.8. The average Bonchev–Trinajstić information content (AvgIpc) is 2.73. The third kappa shape index (κ3) is 6.32. The molecule has 6 nitrogen and oxygen atoms in total. The van der Waals surface area contributed by atoms with Crippen molar-refractivity contribution in [1.82, 2.24) is 15.6 Å². The molecule has 0 bridgehead atoms. The molecule has 0 aliphatic rings. The fraction of sp³-hybridized carbons (Fsp3) is 0.261. The predicted octanol–water partition coefficient (Wildman–Crippen LogP) is 5.01. The van der Waals surface area contributed by atoms with Gasteiger partial charge in [0.1, 0.15) is 12.3 Å². The van der Waals surface area contributed by atoms with Gasteiger partial charge < -0.3 is 15.4 Å². The molecule has 162 valence electrons. The molecule has 3 aromatic rings. The van der Waals surface area contributed by atoms with E-state index in [9.17, 15) is 4.79 Å². The predicted molar refractivity (Wildman–Crippen MR) is 123 cm³/mol. The van der Waals surface area contributed by atoms with E-state index in [0.717, 1.165) is 16.8 Å². The van der Waals surface area contributed by atoms with Gasteiger partial charge in [-0.15, -0.1) is 0 Å². The number of urea groups is 1. The first-order valence-electron chi connectivity index (χ1n) is 9.91. The Bertz CT molecular complexity index is 1040. The number of hydrogen-bond acceptors (Lipinski definition) is 3. The third-order valence-corrected chi connectivity index (χ3v) is 4.92. The minimum absolute atomic E-state index is 0.240. The minimum atomic E-state index is -0.587. The molecule has 0 unspecified atom stereocenters. The van der Waals surface area contributed by atoms with Crippen molar-refractivity contribution < 1.29 is 14.5 Å². The highest BCUT2D eigenvalue weighted by Crippen LogP contribution is 2.30. The number of nitrogens with zero attached hydrogens (tertiary/aromatic N) is 1. The van der Waals surface area contributed by atoms with E-state index in [0.29, 0.717) is 28.2 Å². The third-order valence-electron chi connectivity index (χ3n) is 4.42. The first-order chi connectivity index (χ1) is 14.8. The van der Waals surface area contributed by atoms with E-state index in [4.69, 9.17) is 32.9 Å². The van der Waals surface area contributed by atoms with E-state index in [1.54, 1.807) is 6.20 Å². The fourth-order valence-electron chi connectivity index (χ4n) is 2.93. The summed E-state index contributed by atoms with van der Waals surface area (Å²) in [6.07, 6.45) is 1.70.